The summed E-state index contributed by atoms with van der Waals surface area (Å²) in [6.07, 6.45) is 3.58. The van der Waals surface area contributed by atoms with E-state index in [-0.39, 0.29) is 5.91 Å². The van der Waals surface area contributed by atoms with Gasteiger partial charge in [-0.05, 0) is 44.7 Å². The van der Waals surface area contributed by atoms with Crippen LogP contribution >= 0.6 is 0 Å². The van der Waals surface area contributed by atoms with Crippen LogP contribution in [0.2, 0.25) is 0 Å². The highest BCUT2D eigenvalue weighted by Crippen LogP contribution is 2.18. The zero-order valence-electron chi connectivity index (χ0n) is 15.1. The van der Waals surface area contributed by atoms with E-state index in [1.165, 1.54) is 6.42 Å². The molecule has 0 bridgehead atoms. The van der Waals surface area contributed by atoms with E-state index in [0.29, 0.717) is 24.7 Å². The molecule has 0 N–H and O–H groups in total. The molecular weight excluding hydrogens is 312 g/mol. The summed E-state index contributed by atoms with van der Waals surface area (Å²) in [5.74, 6) is 0.661. The van der Waals surface area contributed by atoms with Crippen LogP contribution < -0.4 is 4.90 Å². The zero-order valence-corrected chi connectivity index (χ0v) is 15.1. The minimum absolute atomic E-state index is 0.0323. The summed E-state index contributed by atoms with van der Waals surface area (Å²) in [6.45, 7) is 7.12. The third kappa shape index (κ3) is 4.35. The normalized spacial score (nSPS) is 14.4. The van der Waals surface area contributed by atoms with E-state index in [9.17, 15) is 4.79 Å². The van der Waals surface area contributed by atoms with Crippen molar-refractivity contribution in [3.63, 3.8) is 0 Å². The lowest BCUT2D eigenvalue weighted by Crippen LogP contribution is -2.34. The Labute approximate surface area is 149 Å². The summed E-state index contributed by atoms with van der Waals surface area (Å²) in [6, 6.07) is 11.9. The van der Waals surface area contributed by atoms with Crippen molar-refractivity contribution in [1.82, 2.24) is 14.9 Å². The Morgan fingerprint density at radius 2 is 1.84 bits per heavy atom. The van der Waals surface area contributed by atoms with E-state index in [4.69, 9.17) is 0 Å². The predicted octanol–water partition coefficient (Wildman–Crippen LogP) is 3.44. The number of piperidine rings is 1. The summed E-state index contributed by atoms with van der Waals surface area (Å²) in [7, 11) is 0. The molecule has 1 fully saturated rings. The molecule has 3 rings (SSSR count). The van der Waals surface area contributed by atoms with Gasteiger partial charge in [0.15, 0.2) is 0 Å². The third-order valence-corrected chi connectivity index (χ3v) is 4.59. The first kappa shape index (κ1) is 17.4. The lowest BCUT2D eigenvalue weighted by molar-refractivity contribution is 0.0746. The summed E-state index contributed by atoms with van der Waals surface area (Å²) in [5, 5.41) is 0. The number of hydrogen-bond acceptors (Lipinski definition) is 4. The molecule has 1 aromatic carbocycles. The molecule has 0 spiro atoms. The number of aryl methyl sites for hydroxylation is 1. The van der Waals surface area contributed by atoms with Crippen molar-refractivity contribution >= 4 is 11.9 Å². The molecule has 1 aliphatic rings. The highest BCUT2D eigenvalue weighted by atomic mass is 16.2. The Hall–Kier alpha value is -2.43. The van der Waals surface area contributed by atoms with E-state index in [2.05, 4.69) is 14.9 Å². The minimum atomic E-state index is -0.0323. The smallest absolute Gasteiger partial charge is 0.272 e. The molecule has 1 amide bonds. The van der Waals surface area contributed by atoms with Crippen molar-refractivity contribution in [2.75, 3.05) is 24.5 Å². The van der Waals surface area contributed by atoms with Crippen molar-refractivity contribution in [2.24, 2.45) is 0 Å². The fourth-order valence-electron chi connectivity index (χ4n) is 3.19. The fourth-order valence-corrected chi connectivity index (χ4v) is 3.19. The second kappa shape index (κ2) is 8.10. The van der Waals surface area contributed by atoms with Gasteiger partial charge in [0.05, 0.1) is 0 Å². The molecular formula is C20H26N4O. The lowest BCUT2D eigenvalue weighted by atomic mass is 10.1. The molecule has 2 aromatic rings. The SMILES string of the molecule is CCN(Cc1ccccc1)C(=O)c1cc(C)nc(N2CCCCC2)n1. The topological polar surface area (TPSA) is 49.3 Å². The van der Waals surface area contributed by atoms with Crippen molar-refractivity contribution in [2.45, 2.75) is 39.7 Å². The predicted molar refractivity (Wildman–Crippen MR) is 99.7 cm³/mol. The number of nitrogens with zero attached hydrogens (tertiary/aromatic N) is 4. The molecule has 0 radical (unpaired) electrons. The van der Waals surface area contributed by atoms with Gasteiger partial charge < -0.3 is 9.80 Å². The summed E-state index contributed by atoms with van der Waals surface area (Å²) >= 11 is 0. The molecule has 0 saturated carbocycles. The maximum atomic E-state index is 13.0. The second-order valence-electron chi connectivity index (χ2n) is 6.55. The molecule has 2 heterocycles. The molecule has 132 valence electrons. The number of amides is 1. The monoisotopic (exact) mass is 338 g/mol. The van der Waals surface area contributed by atoms with E-state index < -0.39 is 0 Å². The maximum absolute atomic E-state index is 13.0. The highest BCUT2D eigenvalue weighted by molar-refractivity contribution is 5.92. The van der Waals surface area contributed by atoms with Gasteiger partial charge in [-0.3, -0.25) is 4.79 Å². The number of anilines is 1. The summed E-state index contributed by atoms with van der Waals surface area (Å²) in [4.78, 5) is 26.2. The Kier molecular flexibility index (Phi) is 5.64. The van der Waals surface area contributed by atoms with Gasteiger partial charge in [0.2, 0.25) is 5.95 Å². The van der Waals surface area contributed by atoms with Crippen LogP contribution in [0.3, 0.4) is 0 Å². The number of benzene rings is 1. The first-order valence-corrected chi connectivity index (χ1v) is 9.11. The van der Waals surface area contributed by atoms with Gasteiger partial charge in [0, 0.05) is 31.9 Å². The quantitative estimate of drug-likeness (QED) is 0.838. The lowest BCUT2D eigenvalue weighted by Gasteiger charge is -2.27. The number of aromatic nitrogens is 2. The van der Waals surface area contributed by atoms with Gasteiger partial charge in [-0.15, -0.1) is 0 Å². The van der Waals surface area contributed by atoms with Crippen molar-refractivity contribution in [1.29, 1.82) is 0 Å². The van der Waals surface area contributed by atoms with Crippen LogP contribution in [0.5, 0.6) is 0 Å². The Balaban J connectivity index is 1.81. The summed E-state index contributed by atoms with van der Waals surface area (Å²) < 4.78 is 0. The third-order valence-electron chi connectivity index (χ3n) is 4.59. The molecule has 0 atom stereocenters. The first-order chi connectivity index (χ1) is 12.2. The minimum Gasteiger partial charge on any atom is -0.341 e. The van der Waals surface area contributed by atoms with Crippen molar-refractivity contribution in [3.8, 4) is 0 Å². The van der Waals surface area contributed by atoms with E-state index in [1.54, 1.807) is 6.07 Å². The molecule has 0 aliphatic carbocycles. The Morgan fingerprint density at radius 3 is 2.52 bits per heavy atom. The average molecular weight is 338 g/mol. The van der Waals surface area contributed by atoms with Crippen LogP contribution in [0.4, 0.5) is 5.95 Å². The number of carbonyl (C=O) groups excluding carboxylic acids is 1. The Morgan fingerprint density at radius 1 is 1.12 bits per heavy atom. The van der Waals surface area contributed by atoms with Crippen LogP contribution in [0.25, 0.3) is 0 Å². The summed E-state index contributed by atoms with van der Waals surface area (Å²) in [5.41, 5.74) is 2.46. The number of hydrogen-bond donors (Lipinski definition) is 0. The van der Waals surface area contributed by atoms with Crippen molar-refractivity contribution in [3.05, 3.63) is 53.3 Å². The van der Waals surface area contributed by atoms with E-state index >= 15 is 0 Å². The Bertz CT molecular complexity index is 711. The van der Waals surface area contributed by atoms with Crippen molar-refractivity contribution < 1.29 is 4.79 Å². The van der Waals surface area contributed by atoms with Gasteiger partial charge in [-0.25, -0.2) is 9.97 Å². The van der Waals surface area contributed by atoms with Crippen LogP contribution in [0.1, 0.15) is 47.9 Å². The molecule has 0 unspecified atom stereocenters. The van der Waals surface area contributed by atoms with Gasteiger partial charge >= 0.3 is 0 Å². The zero-order chi connectivity index (χ0) is 17.6. The molecule has 5 heteroatoms. The molecule has 1 aliphatic heterocycles. The standard InChI is InChI=1S/C20H26N4O/c1-3-23(15-17-10-6-4-7-11-17)19(25)18-14-16(2)21-20(22-18)24-12-8-5-9-13-24/h4,6-7,10-11,14H,3,5,8-9,12-13,15H2,1-2H3. The van der Waals surface area contributed by atoms with Crippen LogP contribution in [-0.2, 0) is 6.54 Å². The fraction of sp³-hybridized carbons (Fsp3) is 0.450. The van der Waals surface area contributed by atoms with Crippen LogP contribution in [0, 0.1) is 6.92 Å². The first-order valence-electron chi connectivity index (χ1n) is 9.11. The largest absolute Gasteiger partial charge is 0.341 e. The van der Waals surface area contributed by atoms with E-state index in [1.807, 2.05) is 49.1 Å². The second-order valence-corrected chi connectivity index (χ2v) is 6.55. The van der Waals surface area contributed by atoms with Gasteiger partial charge in [0.1, 0.15) is 5.69 Å². The van der Waals surface area contributed by atoms with Crippen LogP contribution in [-0.4, -0.2) is 40.4 Å². The number of rotatable bonds is 5. The van der Waals surface area contributed by atoms with Gasteiger partial charge in [0.25, 0.3) is 5.91 Å². The maximum Gasteiger partial charge on any atom is 0.272 e. The van der Waals surface area contributed by atoms with E-state index in [0.717, 1.165) is 37.2 Å². The molecule has 1 aromatic heterocycles. The van der Waals surface area contributed by atoms with Crippen LogP contribution in [0.15, 0.2) is 36.4 Å². The highest BCUT2D eigenvalue weighted by Gasteiger charge is 2.20. The molecule has 25 heavy (non-hydrogen) atoms. The molecule has 1 saturated heterocycles. The van der Waals surface area contributed by atoms with Gasteiger partial charge in [-0.1, -0.05) is 30.3 Å². The van der Waals surface area contributed by atoms with Gasteiger partial charge in [-0.2, -0.15) is 0 Å². The average Bonchev–Trinajstić information content (AvgIpc) is 2.66. The molecule has 5 nitrogen and oxygen atoms in total. The number of carbonyl (C=O) groups is 1.